The highest BCUT2D eigenvalue weighted by Gasteiger charge is 1.87. The molecule has 7 heavy (non-hydrogen) atoms. The van der Waals surface area contributed by atoms with Gasteiger partial charge in [-0.15, -0.1) is 9.24 Å². The molecule has 0 N–H and O–H groups in total. The Morgan fingerprint density at radius 2 is 2.14 bits per heavy atom. The van der Waals surface area contributed by atoms with Gasteiger partial charge in [0.1, 0.15) is 0 Å². The third-order valence-electron chi connectivity index (χ3n) is 0.823. The fraction of sp³-hybridized carbons (Fsp3) is 0.600. The third kappa shape index (κ3) is 2.76. The van der Waals surface area contributed by atoms with Crippen molar-refractivity contribution >= 4 is 9.24 Å². The van der Waals surface area contributed by atoms with Gasteiger partial charge in [-0.1, -0.05) is 6.92 Å². The lowest BCUT2D eigenvalue weighted by Crippen LogP contribution is -1.67. The van der Waals surface area contributed by atoms with Gasteiger partial charge >= 0.3 is 0 Å². The Hall–Kier alpha value is 0.100. The Balaban J connectivity index is 3.72. The topological polar surface area (TPSA) is 0 Å². The van der Waals surface area contributed by atoms with Gasteiger partial charge < -0.3 is 0 Å². The molecule has 0 heterocycles. The van der Waals surface area contributed by atoms with Gasteiger partial charge in [0.2, 0.25) is 0 Å². The van der Waals surface area contributed by atoms with Gasteiger partial charge in [0, 0.05) is 0 Å². The van der Waals surface area contributed by atoms with Crippen molar-refractivity contribution in [2.24, 2.45) is 0 Å². The largest absolute Gasteiger partial charge is 0.212 e. The summed E-state index contributed by atoms with van der Waals surface area (Å²) in [5, 5.41) is 0.764. The molecule has 0 fully saturated rings. The molecule has 0 bridgehead atoms. The summed E-state index contributed by atoms with van der Waals surface area (Å²) in [6, 6.07) is 0. The lowest BCUT2D eigenvalue weighted by atomic mass is 10.4. The van der Waals surface area contributed by atoms with E-state index >= 15 is 0 Å². The first-order valence-corrected chi connectivity index (χ1v) is 2.87. The van der Waals surface area contributed by atoms with Crippen molar-refractivity contribution in [1.29, 1.82) is 0 Å². The molecule has 0 aliphatic rings. The van der Waals surface area contributed by atoms with Crippen molar-refractivity contribution in [2.45, 2.75) is 20.3 Å². The minimum absolute atomic E-state index is 0.0764. The van der Waals surface area contributed by atoms with Crippen molar-refractivity contribution in [3.63, 3.8) is 0 Å². The van der Waals surface area contributed by atoms with Crippen LogP contribution in [0, 0.1) is 0 Å². The van der Waals surface area contributed by atoms with Crippen LogP contribution in [0.5, 0.6) is 0 Å². The number of hydrogen-bond acceptors (Lipinski definition) is 0. The first kappa shape index (κ1) is 7.10. The second-order valence-corrected chi connectivity index (χ2v) is 2.11. The maximum atomic E-state index is 12.0. The van der Waals surface area contributed by atoms with E-state index in [1.165, 1.54) is 6.92 Å². The second kappa shape index (κ2) is 3.15. The zero-order chi connectivity index (χ0) is 5.86. The predicted octanol–water partition coefficient (Wildman–Crippen LogP) is 2.47. The fourth-order valence-corrected chi connectivity index (χ4v) is 0.244. The van der Waals surface area contributed by atoms with Crippen LogP contribution in [0.4, 0.5) is 4.39 Å². The fourth-order valence-electron chi connectivity index (χ4n) is 0.244. The van der Waals surface area contributed by atoms with Gasteiger partial charge in [-0.2, -0.15) is 0 Å². The monoisotopic (exact) mass is 120 g/mol. The minimum Gasteiger partial charge on any atom is -0.212 e. The molecule has 0 aromatic carbocycles. The van der Waals surface area contributed by atoms with E-state index in [2.05, 4.69) is 9.24 Å². The first-order chi connectivity index (χ1) is 3.18. The molecule has 0 radical (unpaired) electrons. The molecule has 1 atom stereocenters. The molecule has 1 unspecified atom stereocenters. The predicted molar refractivity (Wildman–Crippen MR) is 33.8 cm³/mol. The van der Waals surface area contributed by atoms with E-state index in [9.17, 15) is 4.39 Å². The molecule has 0 spiro atoms. The molecule has 0 aliphatic heterocycles. The maximum Gasteiger partial charge on any atom is 0.0999 e. The smallest absolute Gasteiger partial charge is 0.0999 e. The van der Waals surface area contributed by atoms with Crippen LogP contribution >= 0.6 is 9.24 Å². The summed E-state index contributed by atoms with van der Waals surface area (Å²) in [5.74, 6) is -0.0764. The van der Waals surface area contributed by atoms with Crippen LogP contribution < -0.4 is 0 Å². The Labute approximate surface area is 46.0 Å². The molecular formula is C5H10FP. The van der Waals surface area contributed by atoms with E-state index < -0.39 is 0 Å². The molecule has 0 aromatic rings. The van der Waals surface area contributed by atoms with Crippen LogP contribution in [-0.4, -0.2) is 0 Å². The van der Waals surface area contributed by atoms with Crippen LogP contribution in [0.25, 0.3) is 0 Å². The third-order valence-corrected chi connectivity index (χ3v) is 1.63. The van der Waals surface area contributed by atoms with Gasteiger partial charge in [-0.05, 0) is 18.7 Å². The van der Waals surface area contributed by atoms with Gasteiger partial charge in [0.15, 0.2) is 0 Å². The highest BCUT2D eigenvalue weighted by molar-refractivity contribution is 7.22. The van der Waals surface area contributed by atoms with Crippen molar-refractivity contribution in [1.82, 2.24) is 0 Å². The number of allylic oxidation sites excluding steroid dienone is 2. The standard InChI is InChI=1S/C5H10FP/c1-3-5(7)4(2)6/h3,7H2,1-2H3/b5-4-. The minimum atomic E-state index is -0.0764. The molecular weight excluding hydrogens is 110 g/mol. The van der Waals surface area contributed by atoms with Crippen LogP contribution in [0.15, 0.2) is 11.1 Å². The SMILES string of the molecule is CC/C(P)=C(\C)F. The van der Waals surface area contributed by atoms with Crippen molar-refractivity contribution in [3.8, 4) is 0 Å². The van der Waals surface area contributed by atoms with Crippen LogP contribution in [-0.2, 0) is 0 Å². The van der Waals surface area contributed by atoms with E-state index in [0.29, 0.717) is 0 Å². The lowest BCUT2D eigenvalue weighted by molar-refractivity contribution is 0.631. The summed E-state index contributed by atoms with van der Waals surface area (Å²) in [6.45, 7) is 3.39. The Bertz CT molecular complexity index is 82.1. The summed E-state index contributed by atoms with van der Waals surface area (Å²) < 4.78 is 12.0. The van der Waals surface area contributed by atoms with Gasteiger partial charge in [0.25, 0.3) is 0 Å². The number of hydrogen-bond donors (Lipinski definition) is 0. The lowest BCUT2D eigenvalue weighted by Gasteiger charge is -1.90. The molecule has 0 amide bonds. The summed E-state index contributed by atoms with van der Waals surface area (Å²) in [5.41, 5.74) is 0. The van der Waals surface area contributed by atoms with Crippen molar-refractivity contribution < 1.29 is 4.39 Å². The highest BCUT2D eigenvalue weighted by atomic mass is 31.0. The first-order valence-electron chi connectivity index (χ1n) is 2.29. The van der Waals surface area contributed by atoms with Gasteiger partial charge in [-0.25, -0.2) is 4.39 Å². The molecule has 0 saturated carbocycles. The van der Waals surface area contributed by atoms with E-state index in [-0.39, 0.29) is 5.83 Å². The van der Waals surface area contributed by atoms with E-state index in [0.717, 1.165) is 11.7 Å². The summed E-state index contributed by atoms with van der Waals surface area (Å²) in [6.07, 6.45) is 0.785. The van der Waals surface area contributed by atoms with E-state index in [1.807, 2.05) is 6.92 Å². The molecule has 42 valence electrons. The zero-order valence-electron chi connectivity index (χ0n) is 4.66. The zero-order valence-corrected chi connectivity index (χ0v) is 5.82. The Morgan fingerprint density at radius 1 is 1.71 bits per heavy atom. The Kier molecular flexibility index (Phi) is 3.19. The van der Waals surface area contributed by atoms with Crippen LogP contribution in [0.3, 0.4) is 0 Å². The quantitative estimate of drug-likeness (QED) is 0.466. The summed E-state index contributed by atoms with van der Waals surface area (Å²) in [4.78, 5) is 0. The highest BCUT2D eigenvalue weighted by Crippen LogP contribution is 2.15. The average molecular weight is 120 g/mol. The van der Waals surface area contributed by atoms with Crippen LogP contribution in [0.1, 0.15) is 20.3 Å². The van der Waals surface area contributed by atoms with Gasteiger partial charge in [-0.3, -0.25) is 0 Å². The van der Waals surface area contributed by atoms with Crippen molar-refractivity contribution in [2.75, 3.05) is 0 Å². The molecule has 0 rings (SSSR count). The molecule has 0 aliphatic carbocycles. The molecule has 0 nitrogen and oxygen atoms in total. The average Bonchev–Trinajstić information content (AvgIpc) is 1.65. The molecule has 2 heteroatoms. The normalized spacial score (nSPS) is 13.7. The van der Waals surface area contributed by atoms with Crippen molar-refractivity contribution in [3.05, 3.63) is 11.1 Å². The van der Waals surface area contributed by atoms with Crippen LogP contribution in [0.2, 0.25) is 0 Å². The number of halogens is 1. The molecule has 0 aromatic heterocycles. The van der Waals surface area contributed by atoms with E-state index in [4.69, 9.17) is 0 Å². The summed E-state index contributed by atoms with van der Waals surface area (Å²) in [7, 11) is 2.35. The second-order valence-electron chi connectivity index (χ2n) is 1.41. The Morgan fingerprint density at radius 3 is 2.14 bits per heavy atom. The maximum absolute atomic E-state index is 12.0. The summed E-state index contributed by atoms with van der Waals surface area (Å²) >= 11 is 0. The number of rotatable bonds is 1. The molecule has 0 saturated heterocycles. The van der Waals surface area contributed by atoms with E-state index in [1.54, 1.807) is 0 Å². The van der Waals surface area contributed by atoms with Gasteiger partial charge in [0.05, 0.1) is 5.83 Å².